The topological polar surface area (TPSA) is 142 Å². The van der Waals surface area contributed by atoms with Crippen LogP contribution in [0.15, 0.2) is 60.7 Å². The van der Waals surface area contributed by atoms with E-state index in [2.05, 4.69) is 5.32 Å². The van der Waals surface area contributed by atoms with Crippen LogP contribution in [0.25, 0.3) is 0 Å². The lowest BCUT2D eigenvalue weighted by atomic mass is 10.2. The van der Waals surface area contributed by atoms with Gasteiger partial charge in [0.2, 0.25) is 0 Å². The maximum atomic E-state index is 11.3. The van der Waals surface area contributed by atoms with E-state index in [1.165, 1.54) is 14.0 Å². The first-order chi connectivity index (χ1) is 15.2. The molecule has 3 N–H and O–H groups in total. The molecular weight excluding hydrogens is 420 g/mol. The highest BCUT2D eigenvalue weighted by atomic mass is 16.6. The first-order valence-electron chi connectivity index (χ1n) is 9.52. The van der Waals surface area contributed by atoms with Gasteiger partial charge in [0.25, 0.3) is 0 Å². The third kappa shape index (κ3) is 11.2. The minimum atomic E-state index is -1.10. The number of carboxylic acids is 2. The highest BCUT2D eigenvalue weighted by Gasteiger charge is 2.14. The molecule has 0 bridgehead atoms. The first kappa shape index (κ1) is 26.0. The van der Waals surface area contributed by atoms with Crippen molar-refractivity contribution >= 4 is 24.1 Å². The third-order valence-electron chi connectivity index (χ3n) is 3.81. The predicted octanol–water partition coefficient (Wildman–Crippen LogP) is 2.73. The van der Waals surface area contributed by atoms with E-state index in [4.69, 9.17) is 19.7 Å². The molecular formula is C22H26N2O8. The molecule has 0 saturated carbocycles. The van der Waals surface area contributed by atoms with E-state index in [0.717, 1.165) is 16.0 Å². The van der Waals surface area contributed by atoms with Gasteiger partial charge in [-0.3, -0.25) is 9.59 Å². The van der Waals surface area contributed by atoms with E-state index in [0.29, 0.717) is 0 Å². The number of benzene rings is 2. The molecule has 0 spiro atoms. The summed E-state index contributed by atoms with van der Waals surface area (Å²) in [4.78, 5) is 44.2. The zero-order valence-corrected chi connectivity index (χ0v) is 17.8. The van der Waals surface area contributed by atoms with E-state index < -0.39 is 30.2 Å². The Hall–Kier alpha value is -4.08. The van der Waals surface area contributed by atoms with E-state index >= 15 is 0 Å². The number of aliphatic carboxylic acids is 2. The van der Waals surface area contributed by atoms with Gasteiger partial charge in [-0.1, -0.05) is 60.7 Å². The second-order valence-corrected chi connectivity index (χ2v) is 6.56. The number of ether oxygens (including phenoxy) is 2. The summed E-state index contributed by atoms with van der Waals surface area (Å²) in [7, 11) is 1.38. The maximum absolute atomic E-state index is 11.3. The van der Waals surface area contributed by atoms with Gasteiger partial charge in [-0.25, -0.2) is 9.59 Å². The third-order valence-corrected chi connectivity index (χ3v) is 3.81. The maximum Gasteiger partial charge on any atom is 0.410 e. The van der Waals surface area contributed by atoms with Crippen LogP contribution < -0.4 is 5.32 Å². The van der Waals surface area contributed by atoms with Gasteiger partial charge in [0.15, 0.2) is 0 Å². The number of hydrogen-bond acceptors (Lipinski definition) is 6. The van der Waals surface area contributed by atoms with Crippen molar-refractivity contribution in [3.05, 3.63) is 71.8 Å². The Balaban J connectivity index is 0.000000320. The minimum Gasteiger partial charge on any atom is -0.480 e. The molecule has 172 valence electrons. The number of hydrogen-bond donors (Lipinski definition) is 3. The van der Waals surface area contributed by atoms with Crippen LogP contribution in [0.1, 0.15) is 18.1 Å². The smallest absolute Gasteiger partial charge is 0.410 e. The summed E-state index contributed by atoms with van der Waals surface area (Å²) in [6.45, 7) is 1.27. The van der Waals surface area contributed by atoms with Crippen LogP contribution in [0.4, 0.5) is 9.59 Å². The van der Waals surface area contributed by atoms with Crippen molar-refractivity contribution in [2.45, 2.75) is 26.2 Å². The highest BCUT2D eigenvalue weighted by molar-refractivity contribution is 5.79. The zero-order chi connectivity index (χ0) is 23.9. The fourth-order valence-corrected chi connectivity index (χ4v) is 2.10. The van der Waals surface area contributed by atoms with Crippen molar-refractivity contribution in [3.8, 4) is 0 Å². The zero-order valence-electron chi connectivity index (χ0n) is 17.8. The number of nitrogens with one attached hydrogen (secondary N) is 1. The standard InChI is InChI=1S/2C11H13NO4/c1-12(7-10(13)14)11(15)16-8-9-5-3-2-4-6-9;1-8(10(13)14)12-11(15)16-7-9-5-3-2-4-6-9/h2-6H,7-8H2,1H3,(H,13,14);2-6,8H,7H2,1H3,(H,12,15)(H,13,14)/t;8-/m.0/s1. The average molecular weight is 446 g/mol. The van der Waals surface area contributed by atoms with Crippen LogP contribution in [-0.2, 0) is 32.3 Å². The van der Waals surface area contributed by atoms with E-state index in [-0.39, 0.29) is 19.8 Å². The Morgan fingerprint density at radius 3 is 1.78 bits per heavy atom. The first-order valence-corrected chi connectivity index (χ1v) is 9.52. The molecule has 10 heteroatoms. The second-order valence-electron chi connectivity index (χ2n) is 6.56. The van der Waals surface area contributed by atoms with Gasteiger partial charge >= 0.3 is 24.1 Å². The number of likely N-dealkylation sites (N-methyl/N-ethyl adjacent to an activating group) is 1. The lowest BCUT2D eigenvalue weighted by Gasteiger charge is -2.14. The van der Waals surface area contributed by atoms with Gasteiger partial charge in [-0.2, -0.15) is 0 Å². The summed E-state index contributed by atoms with van der Waals surface area (Å²) in [5, 5.41) is 19.2. The van der Waals surface area contributed by atoms with Crippen LogP contribution in [-0.4, -0.2) is 58.9 Å². The number of amides is 2. The lowest BCUT2D eigenvalue weighted by molar-refractivity contribution is -0.139. The van der Waals surface area contributed by atoms with E-state index in [1.807, 2.05) is 60.7 Å². The average Bonchev–Trinajstić information content (AvgIpc) is 2.77. The van der Waals surface area contributed by atoms with Gasteiger partial charge in [0.05, 0.1) is 0 Å². The molecule has 2 aromatic carbocycles. The SMILES string of the molecule is CN(CC(=O)O)C(=O)OCc1ccccc1.C[C@H](NC(=O)OCc1ccccc1)C(=O)O. The summed E-state index contributed by atoms with van der Waals surface area (Å²) in [6.07, 6.45) is -1.38. The minimum absolute atomic E-state index is 0.124. The fraction of sp³-hybridized carbons (Fsp3) is 0.273. The van der Waals surface area contributed by atoms with Crippen molar-refractivity contribution in [2.24, 2.45) is 0 Å². The number of nitrogens with zero attached hydrogens (tertiary/aromatic N) is 1. The fourth-order valence-electron chi connectivity index (χ4n) is 2.10. The molecule has 0 radical (unpaired) electrons. The summed E-state index contributed by atoms with van der Waals surface area (Å²) < 4.78 is 9.75. The predicted molar refractivity (Wildman–Crippen MR) is 114 cm³/mol. The van der Waals surface area contributed by atoms with Gasteiger partial charge in [0.1, 0.15) is 25.8 Å². The summed E-state index contributed by atoms with van der Waals surface area (Å²) in [6, 6.07) is 17.4. The summed E-state index contributed by atoms with van der Waals surface area (Å²) >= 11 is 0. The van der Waals surface area contributed by atoms with Gasteiger partial charge in [0, 0.05) is 7.05 Å². The molecule has 0 heterocycles. The summed E-state index contributed by atoms with van der Waals surface area (Å²) in [5.41, 5.74) is 1.71. The van der Waals surface area contributed by atoms with Crippen molar-refractivity contribution in [3.63, 3.8) is 0 Å². The Labute approximate surface area is 185 Å². The van der Waals surface area contributed by atoms with Gasteiger partial charge in [-0.15, -0.1) is 0 Å². The molecule has 0 saturated heterocycles. The number of rotatable bonds is 8. The molecule has 2 amide bonds. The van der Waals surface area contributed by atoms with Crippen molar-refractivity contribution in [2.75, 3.05) is 13.6 Å². The Morgan fingerprint density at radius 1 is 0.875 bits per heavy atom. The Bertz CT molecular complexity index is 874. The van der Waals surface area contributed by atoms with Crippen LogP contribution in [0.3, 0.4) is 0 Å². The van der Waals surface area contributed by atoms with Crippen molar-refractivity contribution < 1.29 is 38.9 Å². The van der Waals surface area contributed by atoms with Crippen molar-refractivity contribution in [1.82, 2.24) is 10.2 Å². The van der Waals surface area contributed by atoms with Gasteiger partial charge in [-0.05, 0) is 18.1 Å². The molecule has 0 aliphatic carbocycles. The normalized spacial score (nSPS) is 10.6. The Kier molecular flexibility index (Phi) is 11.4. The molecule has 0 aromatic heterocycles. The molecule has 2 rings (SSSR count). The molecule has 0 unspecified atom stereocenters. The number of carbonyl (C=O) groups excluding carboxylic acids is 2. The monoisotopic (exact) mass is 446 g/mol. The van der Waals surface area contributed by atoms with Crippen LogP contribution in [0, 0.1) is 0 Å². The Morgan fingerprint density at radius 2 is 1.34 bits per heavy atom. The molecule has 0 fully saturated rings. The summed E-state index contributed by atoms with van der Waals surface area (Å²) in [5.74, 6) is -2.17. The molecule has 10 nitrogen and oxygen atoms in total. The number of alkyl carbamates (subject to hydrolysis) is 1. The molecule has 0 aliphatic heterocycles. The quantitative estimate of drug-likeness (QED) is 0.562. The van der Waals surface area contributed by atoms with Crippen LogP contribution in [0.5, 0.6) is 0 Å². The largest absolute Gasteiger partial charge is 0.480 e. The van der Waals surface area contributed by atoms with Crippen LogP contribution in [0.2, 0.25) is 0 Å². The van der Waals surface area contributed by atoms with E-state index in [1.54, 1.807) is 0 Å². The van der Waals surface area contributed by atoms with Gasteiger partial charge < -0.3 is 29.9 Å². The lowest BCUT2D eigenvalue weighted by Crippen LogP contribution is -2.38. The molecule has 2 aromatic rings. The van der Waals surface area contributed by atoms with Crippen LogP contribution >= 0.6 is 0 Å². The second kappa shape index (κ2) is 14.0. The number of carbonyl (C=O) groups is 4. The van der Waals surface area contributed by atoms with Crippen molar-refractivity contribution in [1.29, 1.82) is 0 Å². The number of carboxylic acid groups (broad SMARTS) is 2. The molecule has 0 aliphatic rings. The van der Waals surface area contributed by atoms with E-state index in [9.17, 15) is 19.2 Å². The molecule has 32 heavy (non-hydrogen) atoms. The molecule has 1 atom stereocenters. The highest BCUT2D eigenvalue weighted by Crippen LogP contribution is 2.02.